The van der Waals surface area contributed by atoms with E-state index >= 15 is 0 Å². The third kappa shape index (κ3) is 2.46. The number of ether oxygens (including phenoxy) is 1. The van der Waals surface area contributed by atoms with Crippen LogP contribution in [0.3, 0.4) is 0 Å². The summed E-state index contributed by atoms with van der Waals surface area (Å²) in [5.74, 6) is 1.74. The molecule has 0 saturated heterocycles. The summed E-state index contributed by atoms with van der Waals surface area (Å²) in [6.45, 7) is 1.61. The van der Waals surface area contributed by atoms with E-state index < -0.39 is 0 Å². The average molecular weight is 242 g/mol. The van der Waals surface area contributed by atoms with Gasteiger partial charge in [-0.2, -0.15) is 0 Å². The van der Waals surface area contributed by atoms with Gasteiger partial charge in [0, 0.05) is 18.0 Å². The molecule has 0 unspecified atom stereocenters. The fourth-order valence-corrected chi connectivity index (χ4v) is 2.08. The Morgan fingerprint density at radius 3 is 2.94 bits per heavy atom. The van der Waals surface area contributed by atoms with Crippen molar-refractivity contribution in [2.45, 2.75) is 19.4 Å². The molecule has 94 valence electrons. The summed E-state index contributed by atoms with van der Waals surface area (Å²) in [6, 6.07) is 10.2. The molecular formula is C15H18N2O. The first-order valence-corrected chi connectivity index (χ1v) is 6.53. The molecule has 1 aliphatic rings. The van der Waals surface area contributed by atoms with Gasteiger partial charge in [0.15, 0.2) is 0 Å². The summed E-state index contributed by atoms with van der Waals surface area (Å²) in [5.41, 5.74) is 2.04. The molecule has 0 atom stereocenters. The van der Waals surface area contributed by atoms with E-state index in [1.54, 1.807) is 0 Å². The fraction of sp³-hybridized carbons (Fsp3) is 0.400. The second-order valence-electron chi connectivity index (χ2n) is 4.91. The lowest BCUT2D eigenvalue weighted by Crippen LogP contribution is -2.08. The maximum atomic E-state index is 5.96. The number of hydrogen-bond donors (Lipinski definition) is 1. The molecule has 0 amide bonds. The van der Waals surface area contributed by atoms with Gasteiger partial charge in [-0.15, -0.1) is 0 Å². The third-order valence-corrected chi connectivity index (χ3v) is 3.26. The van der Waals surface area contributed by atoms with Crippen LogP contribution >= 0.6 is 0 Å². The minimum atomic E-state index is 0.768. The molecule has 0 spiro atoms. The van der Waals surface area contributed by atoms with Crippen molar-refractivity contribution in [1.82, 2.24) is 10.3 Å². The van der Waals surface area contributed by atoms with Crippen molar-refractivity contribution >= 4 is 10.9 Å². The largest absolute Gasteiger partial charge is 0.493 e. The van der Waals surface area contributed by atoms with E-state index in [-0.39, 0.29) is 0 Å². The van der Waals surface area contributed by atoms with Crippen LogP contribution in [0.2, 0.25) is 0 Å². The van der Waals surface area contributed by atoms with E-state index in [9.17, 15) is 0 Å². The summed E-state index contributed by atoms with van der Waals surface area (Å²) < 4.78 is 5.96. The number of nitrogens with zero attached hydrogens (tertiary/aromatic N) is 1. The minimum Gasteiger partial charge on any atom is -0.493 e. The molecule has 1 aromatic carbocycles. The van der Waals surface area contributed by atoms with Crippen molar-refractivity contribution < 1.29 is 4.74 Å². The Balaban J connectivity index is 1.95. The maximum Gasteiger partial charge on any atom is 0.130 e. The number of pyridine rings is 1. The van der Waals surface area contributed by atoms with Gasteiger partial charge in [0.1, 0.15) is 5.75 Å². The molecule has 0 radical (unpaired) electrons. The van der Waals surface area contributed by atoms with E-state index in [1.807, 2.05) is 25.2 Å². The van der Waals surface area contributed by atoms with Crippen LogP contribution in [0, 0.1) is 5.92 Å². The number of nitrogens with one attached hydrogen (secondary N) is 1. The molecule has 1 fully saturated rings. The lowest BCUT2D eigenvalue weighted by molar-refractivity contribution is 0.302. The van der Waals surface area contributed by atoms with E-state index in [1.165, 1.54) is 12.8 Å². The van der Waals surface area contributed by atoms with Gasteiger partial charge in [0.25, 0.3) is 0 Å². The smallest absolute Gasteiger partial charge is 0.130 e. The highest BCUT2D eigenvalue weighted by Gasteiger charge is 2.22. The first kappa shape index (κ1) is 11.5. The minimum absolute atomic E-state index is 0.768. The van der Waals surface area contributed by atoms with Gasteiger partial charge >= 0.3 is 0 Å². The van der Waals surface area contributed by atoms with Crippen LogP contribution in [0.1, 0.15) is 18.5 Å². The second kappa shape index (κ2) is 4.94. The SMILES string of the molecule is CNCc1cc(OCC2CC2)c2ccccc2n1. The summed E-state index contributed by atoms with van der Waals surface area (Å²) in [5, 5.41) is 4.24. The van der Waals surface area contributed by atoms with Crippen molar-refractivity contribution in [2.75, 3.05) is 13.7 Å². The van der Waals surface area contributed by atoms with Crippen LogP contribution in [-0.2, 0) is 6.54 Å². The second-order valence-corrected chi connectivity index (χ2v) is 4.91. The molecule has 3 nitrogen and oxygen atoms in total. The predicted molar refractivity (Wildman–Crippen MR) is 72.7 cm³/mol. The zero-order chi connectivity index (χ0) is 12.4. The molecule has 1 heterocycles. The summed E-state index contributed by atoms with van der Waals surface area (Å²) in [7, 11) is 1.93. The van der Waals surface area contributed by atoms with Crippen molar-refractivity contribution in [3.05, 3.63) is 36.0 Å². The zero-order valence-corrected chi connectivity index (χ0v) is 10.6. The van der Waals surface area contributed by atoms with Gasteiger partial charge in [0.2, 0.25) is 0 Å². The molecule has 0 aliphatic heterocycles. The van der Waals surface area contributed by atoms with Crippen molar-refractivity contribution in [3.63, 3.8) is 0 Å². The molecule has 0 bridgehead atoms. The van der Waals surface area contributed by atoms with Gasteiger partial charge in [-0.25, -0.2) is 0 Å². The summed E-state index contributed by atoms with van der Waals surface area (Å²) in [4.78, 5) is 4.63. The highest BCUT2D eigenvalue weighted by molar-refractivity contribution is 5.85. The van der Waals surface area contributed by atoms with Crippen molar-refractivity contribution in [3.8, 4) is 5.75 Å². The molecule has 3 rings (SSSR count). The molecule has 1 aliphatic carbocycles. The predicted octanol–water partition coefficient (Wildman–Crippen LogP) is 2.74. The standard InChI is InChI=1S/C15H18N2O/c1-16-9-12-8-15(18-10-11-6-7-11)13-4-2-3-5-14(13)17-12/h2-5,8,11,16H,6-7,9-10H2,1H3. The number of fused-ring (bicyclic) bond motifs is 1. The fourth-order valence-electron chi connectivity index (χ4n) is 2.08. The topological polar surface area (TPSA) is 34.1 Å². The molecule has 3 heteroatoms. The Kier molecular flexibility index (Phi) is 3.15. The number of para-hydroxylation sites is 1. The monoisotopic (exact) mass is 242 g/mol. The van der Waals surface area contributed by atoms with Crippen molar-refractivity contribution in [2.24, 2.45) is 5.92 Å². The van der Waals surface area contributed by atoms with Crippen LogP contribution in [-0.4, -0.2) is 18.6 Å². The van der Waals surface area contributed by atoms with E-state index in [2.05, 4.69) is 22.4 Å². The molecule has 1 saturated carbocycles. The summed E-state index contributed by atoms with van der Waals surface area (Å²) in [6.07, 6.45) is 2.62. The first-order valence-electron chi connectivity index (χ1n) is 6.53. The Morgan fingerprint density at radius 1 is 1.33 bits per heavy atom. The normalized spacial score (nSPS) is 14.9. The molecule has 2 aromatic rings. The Morgan fingerprint density at radius 2 is 2.17 bits per heavy atom. The average Bonchev–Trinajstić information content (AvgIpc) is 3.20. The quantitative estimate of drug-likeness (QED) is 0.875. The highest BCUT2D eigenvalue weighted by Crippen LogP contribution is 2.31. The molecule has 1 aromatic heterocycles. The third-order valence-electron chi connectivity index (χ3n) is 3.26. The van der Waals surface area contributed by atoms with Crippen LogP contribution < -0.4 is 10.1 Å². The number of benzene rings is 1. The lowest BCUT2D eigenvalue weighted by atomic mass is 10.2. The summed E-state index contributed by atoms with van der Waals surface area (Å²) >= 11 is 0. The Bertz CT molecular complexity index is 549. The maximum absolute atomic E-state index is 5.96. The van der Waals surface area contributed by atoms with E-state index in [4.69, 9.17) is 4.74 Å². The van der Waals surface area contributed by atoms with Gasteiger partial charge in [-0.1, -0.05) is 12.1 Å². The highest BCUT2D eigenvalue weighted by atomic mass is 16.5. The molecular weight excluding hydrogens is 224 g/mol. The van der Waals surface area contributed by atoms with Gasteiger partial charge < -0.3 is 10.1 Å². The molecule has 1 N–H and O–H groups in total. The van der Waals surface area contributed by atoms with Crippen LogP contribution in [0.4, 0.5) is 0 Å². The number of hydrogen-bond acceptors (Lipinski definition) is 3. The van der Waals surface area contributed by atoms with E-state index in [0.717, 1.165) is 41.4 Å². The van der Waals surface area contributed by atoms with E-state index in [0.29, 0.717) is 0 Å². The Hall–Kier alpha value is -1.61. The van der Waals surface area contributed by atoms with Gasteiger partial charge in [-0.05, 0) is 37.9 Å². The van der Waals surface area contributed by atoms with Gasteiger partial charge in [-0.3, -0.25) is 4.98 Å². The zero-order valence-electron chi connectivity index (χ0n) is 10.6. The van der Waals surface area contributed by atoms with Crippen LogP contribution in [0.15, 0.2) is 30.3 Å². The van der Waals surface area contributed by atoms with Crippen LogP contribution in [0.25, 0.3) is 10.9 Å². The first-order chi connectivity index (χ1) is 8.86. The van der Waals surface area contributed by atoms with Crippen molar-refractivity contribution in [1.29, 1.82) is 0 Å². The number of rotatable bonds is 5. The molecule has 18 heavy (non-hydrogen) atoms. The number of aromatic nitrogens is 1. The van der Waals surface area contributed by atoms with Crippen LogP contribution in [0.5, 0.6) is 5.75 Å². The lowest BCUT2D eigenvalue weighted by Gasteiger charge is -2.11. The van der Waals surface area contributed by atoms with Gasteiger partial charge in [0.05, 0.1) is 17.8 Å². The Labute approximate surface area is 107 Å².